The maximum Gasteiger partial charge on any atom is 0.305 e. The van der Waals surface area contributed by atoms with Gasteiger partial charge >= 0.3 is 5.97 Å². The number of carbonyl (C=O) groups excluding carboxylic acids is 1. The van der Waals surface area contributed by atoms with Crippen molar-refractivity contribution in [2.75, 3.05) is 13.7 Å². The molecule has 0 aromatic carbocycles. The van der Waals surface area contributed by atoms with E-state index in [1.807, 2.05) is 6.92 Å². The number of ether oxygens (including phenoxy) is 1. The van der Waals surface area contributed by atoms with Gasteiger partial charge in [-0.25, -0.2) is 5.53 Å². The van der Waals surface area contributed by atoms with E-state index < -0.39 is 0 Å². The van der Waals surface area contributed by atoms with Gasteiger partial charge in [0.15, 0.2) is 0 Å². The summed E-state index contributed by atoms with van der Waals surface area (Å²) < 4.78 is 4.47. The summed E-state index contributed by atoms with van der Waals surface area (Å²) in [5.41, 5.74) is 7.37. The van der Waals surface area contributed by atoms with Gasteiger partial charge in [0.1, 0.15) is 0 Å². The number of allylic oxidation sites excluding steroid dienone is 1. The first-order valence-corrected chi connectivity index (χ1v) is 4.04. The number of esters is 1. The van der Waals surface area contributed by atoms with Gasteiger partial charge in [-0.05, 0) is 13.3 Å². The first-order valence-electron chi connectivity index (χ1n) is 4.04. The summed E-state index contributed by atoms with van der Waals surface area (Å²) in [5.74, 6) is -0.200. The van der Waals surface area contributed by atoms with Crippen molar-refractivity contribution < 1.29 is 9.53 Å². The molecular weight excluding hydrogens is 170 g/mol. The van der Waals surface area contributed by atoms with E-state index in [0.29, 0.717) is 13.0 Å². The summed E-state index contributed by atoms with van der Waals surface area (Å²) in [4.78, 5) is 10.7. The highest BCUT2D eigenvalue weighted by Crippen LogP contribution is 1.92. The highest BCUT2D eigenvalue weighted by molar-refractivity contribution is 5.69. The number of methoxy groups -OCH3 is 1. The molecule has 0 spiro atoms. The van der Waals surface area contributed by atoms with Gasteiger partial charge in [0, 0.05) is 18.7 Å². The van der Waals surface area contributed by atoms with Gasteiger partial charge in [-0.2, -0.15) is 5.11 Å². The van der Waals surface area contributed by atoms with Crippen molar-refractivity contribution in [3.8, 4) is 0 Å². The van der Waals surface area contributed by atoms with Gasteiger partial charge in [0.25, 0.3) is 0 Å². The van der Waals surface area contributed by atoms with Crippen LogP contribution >= 0.6 is 0 Å². The molecule has 0 atom stereocenters. The van der Waals surface area contributed by atoms with Gasteiger partial charge < -0.3 is 10.1 Å². The Morgan fingerprint density at radius 2 is 2.38 bits per heavy atom. The van der Waals surface area contributed by atoms with E-state index >= 15 is 0 Å². The van der Waals surface area contributed by atoms with Crippen LogP contribution in [-0.2, 0) is 9.53 Å². The van der Waals surface area contributed by atoms with Crippen LogP contribution in [0.5, 0.6) is 0 Å². The minimum absolute atomic E-state index is 0.200. The zero-order valence-corrected chi connectivity index (χ0v) is 7.96. The molecule has 0 aromatic rings. The molecule has 13 heavy (non-hydrogen) atoms. The molecule has 0 bridgehead atoms. The summed E-state index contributed by atoms with van der Waals surface area (Å²) in [6.07, 6.45) is 2.54. The van der Waals surface area contributed by atoms with Crippen molar-refractivity contribution >= 4 is 5.97 Å². The fourth-order valence-electron chi connectivity index (χ4n) is 0.763. The number of rotatable bonds is 6. The Morgan fingerprint density at radius 3 is 2.92 bits per heavy atom. The summed E-state index contributed by atoms with van der Waals surface area (Å²) in [6.45, 7) is 2.50. The van der Waals surface area contributed by atoms with E-state index in [1.54, 1.807) is 0 Å². The highest BCUT2D eigenvalue weighted by Gasteiger charge is 1.98. The van der Waals surface area contributed by atoms with Crippen molar-refractivity contribution in [1.29, 1.82) is 5.53 Å². The molecule has 0 aliphatic heterocycles. The molecule has 2 N–H and O–H groups in total. The van der Waals surface area contributed by atoms with Crippen LogP contribution in [0.2, 0.25) is 0 Å². The molecule has 0 heterocycles. The van der Waals surface area contributed by atoms with Crippen molar-refractivity contribution in [3.63, 3.8) is 0 Å². The van der Waals surface area contributed by atoms with E-state index in [-0.39, 0.29) is 5.97 Å². The molecule has 0 amide bonds. The lowest BCUT2D eigenvalue weighted by molar-refractivity contribution is -0.140. The summed E-state index contributed by atoms with van der Waals surface area (Å²) in [5, 5.41) is 6.10. The first-order chi connectivity index (χ1) is 6.20. The van der Waals surface area contributed by atoms with Crippen molar-refractivity contribution in [2.24, 2.45) is 5.11 Å². The van der Waals surface area contributed by atoms with Gasteiger partial charge in [0.2, 0.25) is 0 Å². The molecule has 0 aromatic heterocycles. The molecule has 0 fully saturated rings. The lowest BCUT2D eigenvalue weighted by atomic mass is 10.3. The third-order valence-corrected chi connectivity index (χ3v) is 1.45. The summed E-state index contributed by atoms with van der Waals surface area (Å²) in [7, 11) is 1.37. The van der Waals surface area contributed by atoms with E-state index in [2.05, 4.69) is 15.2 Å². The number of nitrogens with one attached hydrogen (secondary N) is 2. The number of hydrogen-bond acceptors (Lipinski definition) is 5. The lowest BCUT2D eigenvalue weighted by Crippen LogP contribution is -2.14. The third-order valence-electron chi connectivity index (χ3n) is 1.45. The smallest absolute Gasteiger partial charge is 0.305 e. The molecule has 0 unspecified atom stereocenters. The van der Waals surface area contributed by atoms with E-state index in [1.165, 1.54) is 13.3 Å². The second kappa shape index (κ2) is 7.27. The normalized spacial score (nSPS) is 10.8. The molecule has 5 nitrogen and oxygen atoms in total. The predicted molar refractivity (Wildman–Crippen MR) is 48.2 cm³/mol. The second-order valence-electron chi connectivity index (χ2n) is 2.55. The zero-order chi connectivity index (χ0) is 10.1. The second-order valence-corrected chi connectivity index (χ2v) is 2.55. The van der Waals surface area contributed by atoms with Crippen LogP contribution in [0.4, 0.5) is 0 Å². The van der Waals surface area contributed by atoms with Crippen molar-refractivity contribution in [1.82, 2.24) is 5.32 Å². The predicted octanol–water partition coefficient (Wildman–Crippen LogP) is 1.42. The zero-order valence-electron chi connectivity index (χ0n) is 7.96. The van der Waals surface area contributed by atoms with Gasteiger partial charge in [-0.3, -0.25) is 4.79 Å². The molecule has 0 rings (SSSR count). The van der Waals surface area contributed by atoms with Crippen LogP contribution in [0.25, 0.3) is 0 Å². The number of nitrogens with zero attached hydrogens (tertiary/aromatic N) is 1. The molecule has 5 heteroatoms. The Labute approximate surface area is 77.7 Å². The Hall–Kier alpha value is -1.39. The monoisotopic (exact) mass is 185 g/mol. The standard InChI is InChI=1S/C8H15N3O2/c1-7(6-11-9)10-5-3-4-8(12)13-2/h6,9-10H,3-5H2,1-2H3/b7-6-,11-9?. The summed E-state index contributed by atoms with van der Waals surface area (Å²) >= 11 is 0. The fourth-order valence-corrected chi connectivity index (χ4v) is 0.763. The molecular formula is C8H15N3O2. The average molecular weight is 185 g/mol. The van der Waals surface area contributed by atoms with Crippen LogP contribution < -0.4 is 5.32 Å². The lowest BCUT2D eigenvalue weighted by Gasteiger charge is -2.03. The largest absolute Gasteiger partial charge is 0.469 e. The van der Waals surface area contributed by atoms with Crippen LogP contribution in [0, 0.1) is 5.53 Å². The fraction of sp³-hybridized carbons (Fsp3) is 0.625. The SMILES string of the molecule is COC(=O)CCCN/C(C)=C\N=N. The average Bonchev–Trinajstić information content (AvgIpc) is 2.12. The van der Waals surface area contributed by atoms with Crippen LogP contribution in [0.1, 0.15) is 19.8 Å². The van der Waals surface area contributed by atoms with Crippen molar-refractivity contribution in [3.05, 3.63) is 11.9 Å². The number of carbonyl (C=O) groups is 1. The van der Waals surface area contributed by atoms with Gasteiger partial charge in [0.05, 0.1) is 13.3 Å². The minimum atomic E-state index is -0.200. The quantitative estimate of drug-likeness (QED) is 0.373. The highest BCUT2D eigenvalue weighted by atomic mass is 16.5. The van der Waals surface area contributed by atoms with E-state index in [9.17, 15) is 4.79 Å². The molecule has 0 aliphatic rings. The molecule has 0 saturated heterocycles. The molecule has 0 radical (unpaired) electrons. The summed E-state index contributed by atoms with van der Waals surface area (Å²) in [6, 6.07) is 0. The molecule has 0 saturated carbocycles. The van der Waals surface area contributed by atoms with Crippen molar-refractivity contribution in [2.45, 2.75) is 19.8 Å². The van der Waals surface area contributed by atoms with Gasteiger partial charge in [-0.1, -0.05) is 0 Å². The van der Waals surface area contributed by atoms with Crippen LogP contribution in [-0.4, -0.2) is 19.6 Å². The number of hydrogen-bond donors (Lipinski definition) is 2. The van der Waals surface area contributed by atoms with Crippen LogP contribution in [0.15, 0.2) is 17.0 Å². The third kappa shape index (κ3) is 6.99. The first kappa shape index (κ1) is 11.6. The Kier molecular flexibility index (Phi) is 6.49. The van der Waals surface area contributed by atoms with Gasteiger partial charge in [-0.15, -0.1) is 0 Å². The maximum atomic E-state index is 10.7. The van der Waals surface area contributed by atoms with E-state index in [4.69, 9.17) is 5.53 Å². The minimum Gasteiger partial charge on any atom is -0.469 e. The topological polar surface area (TPSA) is 74.5 Å². The molecule has 74 valence electrons. The molecule has 0 aliphatic carbocycles. The Balaban J connectivity index is 3.40. The Morgan fingerprint density at radius 1 is 1.69 bits per heavy atom. The van der Waals surface area contributed by atoms with E-state index in [0.717, 1.165) is 12.1 Å². The van der Waals surface area contributed by atoms with Crippen LogP contribution in [0.3, 0.4) is 0 Å². The Bertz CT molecular complexity index is 202. The maximum absolute atomic E-state index is 10.7.